The van der Waals surface area contributed by atoms with Crippen molar-refractivity contribution in [1.29, 1.82) is 0 Å². The van der Waals surface area contributed by atoms with E-state index in [1.165, 1.54) is 12.0 Å². The van der Waals surface area contributed by atoms with Crippen molar-refractivity contribution in [2.24, 2.45) is 0 Å². The molecule has 1 saturated heterocycles. The van der Waals surface area contributed by atoms with Crippen molar-refractivity contribution in [1.82, 2.24) is 4.90 Å². The summed E-state index contributed by atoms with van der Waals surface area (Å²) in [5.74, 6) is 0.501. The molecule has 0 saturated carbocycles. The zero-order valence-corrected chi connectivity index (χ0v) is 22.6. The summed E-state index contributed by atoms with van der Waals surface area (Å²) in [4.78, 5) is 26.9. The molecule has 0 unspecified atom stereocenters. The molecule has 4 rings (SSSR count). The fourth-order valence-electron chi connectivity index (χ4n) is 3.26. The van der Waals surface area contributed by atoms with Gasteiger partial charge in [-0.3, -0.25) is 14.5 Å². The van der Waals surface area contributed by atoms with Crippen LogP contribution in [0.1, 0.15) is 16.7 Å². The Labute approximate surface area is 223 Å². The lowest BCUT2D eigenvalue weighted by atomic mass is 10.1. The third-order valence-electron chi connectivity index (χ3n) is 4.97. The average molecular weight is 624 g/mol. The van der Waals surface area contributed by atoms with Crippen LogP contribution in [0.3, 0.4) is 0 Å². The predicted molar refractivity (Wildman–Crippen MR) is 142 cm³/mol. The molecule has 0 spiro atoms. The van der Waals surface area contributed by atoms with Gasteiger partial charge >= 0.3 is 0 Å². The smallest absolute Gasteiger partial charge is 0.293 e. The van der Waals surface area contributed by atoms with E-state index in [-0.39, 0.29) is 17.7 Å². The van der Waals surface area contributed by atoms with Crippen LogP contribution in [0.5, 0.6) is 11.5 Å². The Bertz CT molecular complexity index is 1260. The van der Waals surface area contributed by atoms with Gasteiger partial charge < -0.3 is 9.47 Å². The molecule has 3 aromatic carbocycles. The number of rotatable bonds is 7. The normalized spacial score (nSPS) is 14.7. The SMILES string of the molecule is COc1cc(/C=C2\SC(=O)N(Cc3ccc(Br)cc3)C2=O)cc(Cl)c1OCc1ccc(Br)cc1. The van der Waals surface area contributed by atoms with Crippen LogP contribution in [-0.4, -0.2) is 23.2 Å². The molecular formula is C25H18Br2ClNO4S. The van der Waals surface area contributed by atoms with Crippen LogP contribution in [-0.2, 0) is 17.9 Å². The van der Waals surface area contributed by atoms with E-state index in [0.717, 1.165) is 31.8 Å². The second-order valence-electron chi connectivity index (χ2n) is 7.34. The van der Waals surface area contributed by atoms with Crippen LogP contribution < -0.4 is 9.47 Å². The fraction of sp³-hybridized carbons (Fsp3) is 0.120. The first-order valence-electron chi connectivity index (χ1n) is 10.1. The summed E-state index contributed by atoms with van der Waals surface area (Å²) in [6.45, 7) is 0.528. The summed E-state index contributed by atoms with van der Waals surface area (Å²) in [6.07, 6.45) is 1.64. The maximum absolute atomic E-state index is 12.9. The van der Waals surface area contributed by atoms with Gasteiger partial charge in [0.1, 0.15) is 6.61 Å². The molecule has 3 aromatic rings. The average Bonchev–Trinajstić information content (AvgIpc) is 3.07. The van der Waals surface area contributed by atoms with Crippen molar-refractivity contribution in [3.63, 3.8) is 0 Å². The summed E-state index contributed by atoms with van der Waals surface area (Å²) in [5.41, 5.74) is 2.47. The van der Waals surface area contributed by atoms with E-state index in [1.807, 2.05) is 48.5 Å². The van der Waals surface area contributed by atoms with E-state index in [4.69, 9.17) is 21.1 Å². The minimum Gasteiger partial charge on any atom is -0.493 e. The highest BCUT2D eigenvalue weighted by Gasteiger charge is 2.35. The lowest BCUT2D eigenvalue weighted by molar-refractivity contribution is -0.123. The molecule has 34 heavy (non-hydrogen) atoms. The number of carbonyl (C=O) groups excluding carboxylic acids is 2. The largest absolute Gasteiger partial charge is 0.493 e. The number of nitrogens with zero attached hydrogens (tertiary/aromatic N) is 1. The van der Waals surface area contributed by atoms with E-state index in [1.54, 1.807) is 18.2 Å². The van der Waals surface area contributed by atoms with Crippen molar-refractivity contribution >= 4 is 72.4 Å². The van der Waals surface area contributed by atoms with E-state index < -0.39 is 0 Å². The topological polar surface area (TPSA) is 55.8 Å². The summed E-state index contributed by atoms with van der Waals surface area (Å²) >= 11 is 14.2. The number of methoxy groups -OCH3 is 1. The molecule has 0 aliphatic carbocycles. The molecule has 174 valence electrons. The predicted octanol–water partition coefficient (Wildman–Crippen LogP) is 7.69. The molecule has 1 fully saturated rings. The zero-order valence-electron chi connectivity index (χ0n) is 17.9. The van der Waals surface area contributed by atoms with Crippen LogP contribution in [0.2, 0.25) is 5.02 Å². The van der Waals surface area contributed by atoms with Gasteiger partial charge in [0.15, 0.2) is 11.5 Å². The fourth-order valence-corrected chi connectivity index (χ4v) is 4.90. The minimum absolute atomic E-state index is 0.211. The highest BCUT2D eigenvalue weighted by molar-refractivity contribution is 9.10. The second kappa shape index (κ2) is 11.0. The molecule has 0 atom stereocenters. The van der Waals surface area contributed by atoms with Crippen molar-refractivity contribution < 1.29 is 19.1 Å². The van der Waals surface area contributed by atoms with Gasteiger partial charge in [0.25, 0.3) is 11.1 Å². The maximum atomic E-state index is 12.9. The van der Waals surface area contributed by atoms with Gasteiger partial charge in [0.2, 0.25) is 0 Å². The Hall–Kier alpha value is -2.26. The van der Waals surface area contributed by atoms with Crippen LogP contribution in [0.4, 0.5) is 4.79 Å². The molecular weight excluding hydrogens is 606 g/mol. The Morgan fingerprint density at radius 1 is 0.971 bits per heavy atom. The molecule has 0 bridgehead atoms. The maximum Gasteiger partial charge on any atom is 0.293 e. The summed E-state index contributed by atoms with van der Waals surface area (Å²) in [7, 11) is 1.52. The molecule has 0 radical (unpaired) electrons. The molecule has 0 aromatic heterocycles. The van der Waals surface area contributed by atoms with Gasteiger partial charge in [-0.25, -0.2) is 0 Å². The number of imide groups is 1. The molecule has 1 heterocycles. The zero-order chi connectivity index (χ0) is 24.2. The monoisotopic (exact) mass is 621 g/mol. The quantitative estimate of drug-likeness (QED) is 0.253. The summed E-state index contributed by atoms with van der Waals surface area (Å²) in [5, 5.41) is 0.0310. The first-order chi connectivity index (χ1) is 16.3. The first-order valence-corrected chi connectivity index (χ1v) is 12.9. The van der Waals surface area contributed by atoms with Gasteiger partial charge in [-0.15, -0.1) is 0 Å². The highest BCUT2D eigenvalue weighted by atomic mass is 79.9. The second-order valence-corrected chi connectivity index (χ2v) is 10.6. The Morgan fingerprint density at radius 3 is 2.21 bits per heavy atom. The molecule has 2 amide bonds. The van der Waals surface area contributed by atoms with Crippen molar-refractivity contribution in [2.45, 2.75) is 13.2 Å². The van der Waals surface area contributed by atoms with Gasteiger partial charge in [-0.05, 0) is 70.9 Å². The number of ether oxygens (including phenoxy) is 2. The number of thioether (sulfide) groups is 1. The van der Waals surface area contributed by atoms with Gasteiger partial charge in [-0.2, -0.15) is 0 Å². The van der Waals surface area contributed by atoms with Gasteiger partial charge in [0.05, 0.1) is 23.6 Å². The molecule has 0 N–H and O–H groups in total. The number of halogens is 3. The van der Waals surface area contributed by atoms with Crippen LogP contribution in [0.25, 0.3) is 6.08 Å². The first kappa shape index (κ1) is 24.9. The number of amides is 2. The molecule has 1 aliphatic heterocycles. The van der Waals surface area contributed by atoms with E-state index in [9.17, 15) is 9.59 Å². The summed E-state index contributed by atoms with van der Waals surface area (Å²) in [6, 6.07) is 18.7. The summed E-state index contributed by atoms with van der Waals surface area (Å²) < 4.78 is 13.3. The van der Waals surface area contributed by atoms with E-state index >= 15 is 0 Å². The third-order valence-corrected chi connectivity index (χ3v) is 7.22. The van der Waals surface area contributed by atoms with E-state index in [2.05, 4.69) is 31.9 Å². The van der Waals surface area contributed by atoms with E-state index in [0.29, 0.717) is 33.6 Å². The minimum atomic E-state index is -0.344. The van der Waals surface area contributed by atoms with Crippen molar-refractivity contribution in [3.05, 3.63) is 96.2 Å². The molecule has 9 heteroatoms. The van der Waals surface area contributed by atoms with Crippen LogP contribution >= 0.6 is 55.2 Å². The third kappa shape index (κ3) is 5.86. The lowest BCUT2D eigenvalue weighted by Crippen LogP contribution is -2.27. The van der Waals surface area contributed by atoms with Crippen molar-refractivity contribution in [2.75, 3.05) is 7.11 Å². The number of carbonyl (C=O) groups is 2. The van der Waals surface area contributed by atoms with Crippen LogP contribution in [0, 0.1) is 0 Å². The number of hydrogen-bond donors (Lipinski definition) is 0. The standard InChI is InChI=1S/C25H18Br2ClNO4S/c1-32-21-11-17(10-20(28)23(21)33-14-16-4-8-19(27)9-5-16)12-22-24(30)29(25(31)34-22)13-15-2-6-18(26)7-3-15/h2-12H,13-14H2,1H3/b22-12-. The Balaban J connectivity index is 1.52. The van der Waals surface area contributed by atoms with Crippen molar-refractivity contribution in [3.8, 4) is 11.5 Å². The Kier molecular flexibility index (Phi) is 8.03. The number of benzene rings is 3. The molecule has 1 aliphatic rings. The highest BCUT2D eigenvalue weighted by Crippen LogP contribution is 2.39. The van der Waals surface area contributed by atoms with Gasteiger partial charge in [0, 0.05) is 8.95 Å². The van der Waals surface area contributed by atoms with Gasteiger partial charge in [-0.1, -0.05) is 67.7 Å². The van der Waals surface area contributed by atoms with Crippen LogP contribution in [0.15, 0.2) is 74.5 Å². The number of hydrogen-bond acceptors (Lipinski definition) is 5. The lowest BCUT2D eigenvalue weighted by Gasteiger charge is -2.14. The molecule has 5 nitrogen and oxygen atoms in total. The Morgan fingerprint density at radius 2 is 1.59 bits per heavy atom.